The van der Waals surface area contributed by atoms with Crippen LogP contribution in [-0.4, -0.2) is 27.0 Å². The fourth-order valence-corrected chi connectivity index (χ4v) is 2.92. The fraction of sp³-hybridized carbons (Fsp3) is 0.214. The van der Waals surface area contributed by atoms with Gasteiger partial charge >= 0.3 is 6.18 Å². The molecule has 9 heteroatoms. The lowest BCUT2D eigenvalue weighted by molar-refractivity contribution is -0.137. The summed E-state index contributed by atoms with van der Waals surface area (Å²) in [4.78, 5) is 12.7. The van der Waals surface area contributed by atoms with Crippen molar-refractivity contribution < 1.29 is 18.0 Å². The first-order valence-electron chi connectivity index (χ1n) is 6.67. The molecule has 3 rings (SSSR count). The van der Waals surface area contributed by atoms with Crippen LogP contribution in [0, 0.1) is 0 Å². The molecule has 0 unspecified atom stereocenters. The van der Waals surface area contributed by atoms with Crippen LogP contribution in [0.25, 0.3) is 4.96 Å². The Hall–Kier alpha value is -2.42. The van der Waals surface area contributed by atoms with Gasteiger partial charge in [0.05, 0.1) is 5.56 Å². The minimum Gasteiger partial charge on any atom is -0.352 e. The van der Waals surface area contributed by atoms with Crippen LogP contribution in [0.15, 0.2) is 36.0 Å². The Morgan fingerprint density at radius 1 is 1.26 bits per heavy atom. The van der Waals surface area contributed by atoms with Gasteiger partial charge in [0.1, 0.15) is 6.33 Å². The maximum Gasteiger partial charge on any atom is 0.416 e. The van der Waals surface area contributed by atoms with Gasteiger partial charge in [0.15, 0.2) is 0 Å². The highest BCUT2D eigenvalue weighted by molar-refractivity contribution is 7.15. The molecule has 0 bridgehead atoms. The van der Waals surface area contributed by atoms with Gasteiger partial charge in [0, 0.05) is 29.6 Å². The lowest BCUT2D eigenvalue weighted by Gasteiger charge is -2.08. The van der Waals surface area contributed by atoms with E-state index in [2.05, 4.69) is 15.5 Å². The summed E-state index contributed by atoms with van der Waals surface area (Å²) >= 11 is 1.45. The van der Waals surface area contributed by atoms with Crippen molar-refractivity contribution >= 4 is 22.2 Å². The molecule has 0 radical (unpaired) electrons. The zero-order chi connectivity index (χ0) is 16.4. The molecule has 1 N–H and O–H groups in total. The van der Waals surface area contributed by atoms with Crippen LogP contribution in [-0.2, 0) is 12.6 Å². The number of aromatic nitrogens is 3. The van der Waals surface area contributed by atoms with E-state index >= 15 is 0 Å². The van der Waals surface area contributed by atoms with Crippen LogP contribution in [0.2, 0.25) is 0 Å². The van der Waals surface area contributed by atoms with Crippen molar-refractivity contribution in [2.24, 2.45) is 0 Å². The van der Waals surface area contributed by atoms with E-state index in [0.717, 1.165) is 22.8 Å². The number of nitrogens with zero attached hydrogens (tertiary/aromatic N) is 3. The van der Waals surface area contributed by atoms with Gasteiger partial charge in [-0.05, 0) is 24.3 Å². The number of nitrogens with one attached hydrogen (secondary N) is 1. The highest BCUT2D eigenvalue weighted by Crippen LogP contribution is 2.29. The fourth-order valence-electron chi connectivity index (χ4n) is 2.08. The number of carbonyl (C=O) groups is 1. The molecule has 23 heavy (non-hydrogen) atoms. The summed E-state index contributed by atoms with van der Waals surface area (Å²) in [6.07, 6.45) is -2.23. The van der Waals surface area contributed by atoms with E-state index < -0.39 is 17.6 Å². The summed E-state index contributed by atoms with van der Waals surface area (Å²) in [5.74, 6) is -0.408. The molecule has 1 amide bonds. The zero-order valence-electron chi connectivity index (χ0n) is 11.7. The van der Waals surface area contributed by atoms with E-state index in [1.807, 2.05) is 9.78 Å². The summed E-state index contributed by atoms with van der Waals surface area (Å²) in [6, 6.07) is 4.13. The molecular formula is C14H11F3N4OS. The number of halogens is 3. The summed E-state index contributed by atoms with van der Waals surface area (Å²) < 4.78 is 39.2. The van der Waals surface area contributed by atoms with Crippen LogP contribution in [0.1, 0.15) is 21.6 Å². The molecule has 0 aliphatic carbocycles. The molecule has 1 aromatic carbocycles. The van der Waals surface area contributed by atoms with Crippen molar-refractivity contribution in [1.29, 1.82) is 0 Å². The molecule has 0 atom stereocenters. The SMILES string of the molecule is O=C(NCCc1csc2nncn12)c1ccc(C(F)(F)F)cc1. The monoisotopic (exact) mass is 340 g/mol. The van der Waals surface area contributed by atoms with Crippen LogP contribution in [0.5, 0.6) is 0 Å². The van der Waals surface area contributed by atoms with Gasteiger partial charge in [0.2, 0.25) is 4.96 Å². The molecule has 0 spiro atoms. The molecule has 2 heterocycles. The molecule has 0 aliphatic rings. The minimum absolute atomic E-state index is 0.192. The lowest BCUT2D eigenvalue weighted by atomic mass is 10.1. The van der Waals surface area contributed by atoms with E-state index in [1.54, 1.807) is 6.33 Å². The Kier molecular flexibility index (Phi) is 4.03. The van der Waals surface area contributed by atoms with Crippen LogP contribution in [0.4, 0.5) is 13.2 Å². The topological polar surface area (TPSA) is 59.3 Å². The van der Waals surface area contributed by atoms with Gasteiger partial charge in [0.25, 0.3) is 5.91 Å². The smallest absolute Gasteiger partial charge is 0.352 e. The molecule has 0 saturated heterocycles. The molecule has 0 aliphatic heterocycles. The highest BCUT2D eigenvalue weighted by atomic mass is 32.1. The predicted octanol–water partition coefficient (Wildman–Crippen LogP) is 2.78. The van der Waals surface area contributed by atoms with Crippen LogP contribution < -0.4 is 5.32 Å². The molecule has 120 valence electrons. The van der Waals surface area contributed by atoms with E-state index in [-0.39, 0.29) is 5.56 Å². The quantitative estimate of drug-likeness (QED) is 0.794. The molecule has 3 aromatic rings. The van der Waals surface area contributed by atoms with Crippen molar-refractivity contribution in [2.45, 2.75) is 12.6 Å². The second-order valence-corrected chi connectivity index (χ2v) is 5.63. The normalized spacial score (nSPS) is 11.8. The molecule has 5 nitrogen and oxygen atoms in total. The second kappa shape index (κ2) is 5.99. The van der Waals surface area contributed by atoms with Gasteiger partial charge < -0.3 is 5.32 Å². The summed E-state index contributed by atoms with van der Waals surface area (Å²) in [5, 5.41) is 12.3. The molecule has 0 saturated carbocycles. The standard InChI is InChI=1S/C14H11F3N4OS/c15-14(16,17)10-3-1-9(2-4-10)12(22)18-6-5-11-7-23-13-20-19-8-21(11)13/h1-4,7-8H,5-6H2,(H,18,22). The van der Waals surface area contributed by atoms with Crippen LogP contribution >= 0.6 is 11.3 Å². The number of benzene rings is 1. The number of rotatable bonds is 4. The third kappa shape index (κ3) is 3.34. The first kappa shape index (κ1) is 15.5. The van der Waals surface area contributed by atoms with E-state index in [1.165, 1.54) is 23.5 Å². The van der Waals surface area contributed by atoms with Gasteiger partial charge in [-0.15, -0.1) is 21.5 Å². The maximum atomic E-state index is 12.5. The van der Waals surface area contributed by atoms with E-state index in [9.17, 15) is 18.0 Å². The number of hydrogen-bond acceptors (Lipinski definition) is 4. The maximum absolute atomic E-state index is 12.5. The largest absolute Gasteiger partial charge is 0.416 e. The number of hydrogen-bond donors (Lipinski definition) is 1. The Morgan fingerprint density at radius 3 is 2.70 bits per heavy atom. The van der Waals surface area contributed by atoms with Crippen molar-refractivity contribution in [3.8, 4) is 0 Å². The Bertz CT molecular complexity index is 823. The molecule has 0 fully saturated rings. The summed E-state index contributed by atoms with van der Waals surface area (Å²) in [5.41, 5.74) is 0.378. The third-order valence-corrected chi connectivity index (χ3v) is 4.15. The number of fused-ring (bicyclic) bond motifs is 1. The predicted molar refractivity (Wildman–Crippen MR) is 78.3 cm³/mol. The summed E-state index contributed by atoms with van der Waals surface area (Å²) in [7, 11) is 0. The average molecular weight is 340 g/mol. The van der Waals surface area contributed by atoms with E-state index in [4.69, 9.17) is 0 Å². The highest BCUT2D eigenvalue weighted by Gasteiger charge is 2.30. The van der Waals surface area contributed by atoms with Crippen molar-refractivity contribution in [1.82, 2.24) is 19.9 Å². The van der Waals surface area contributed by atoms with Crippen molar-refractivity contribution in [3.05, 3.63) is 52.8 Å². The summed E-state index contributed by atoms with van der Waals surface area (Å²) in [6.45, 7) is 0.365. The van der Waals surface area contributed by atoms with Gasteiger partial charge in [-0.25, -0.2) is 0 Å². The first-order chi connectivity index (χ1) is 10.9. The van der Waals surface area contributed by atoms with Gasteiger partial charge in [-0.1, -0.05) is 0 Å². The van der Waals surface area contributed by atoms with E-state index in [0.29, 0.717) is 13.0 Å². The second-order valence-electron chi connectivity index (χ2n) is 4.79. The first-order valence-corrected chi connectivity index (χ1v) is 7.54. The molecular weight excluding hydrogens is 329 g/mol. The Labute approximate surface area is 132 Å². The van der Waals surface area contributed by atoms with Crippen molar-refractivity contribution in [3.63, 3.8) is 0 Å². The number of amides is 1. The third-order valence-electron chi connectivity index (χ3n) is 3.27. The zero-order valence-corrected chi connectivity index (χ0v) is 12.5. The van der Waals surface area contributed by atoms with Gasteiger partial charge in [-0.2, -0.15) is 13.2 Å². The number of carbonyl (C=O) groups excluding carboxylic acids is 1. The van der Waals surface area contributed by atoms with Crippen LogP contribution in [0.3, 0.4) is 0 Å². The average Bonchev–Trinajstić information content (AvgIpc) is 3.11. The Balaban J connectivity index is 1.58. The van der Waals surface area contributed by atoms with Gasteiger partial charge in [-0.3, -0.25) is 9.20 Å². The number of alkyl halides is 3. The Morgan fingerprint density at radius 2 is 2.00 bits per heavy atom. The van der Waals surface area contributed by atoms with Crippen molar-refractivity contribution in [2.75, 3.05) is 6.54 Å². The lowest BCUT2D eigenvalue weighted by Crippen LogP contribution is -2.26. The molecule has 2 aromatic heterocycles. The minimum atomic E-state index is -4.40. The number of thiazole rings is 1.